The normalized spacial score (nSPS) is 10.5. The van der Waals surface area contributed by atoms with E-state index in [1.807, 2.05) is 40.8 Å². The van der Waals surface area contributed by atoms with Crippen LogP contribution in [-0.4, -0.2) is 32.3 Å². The molecule has 0 aliphatic rings. The topological polar surface area (TPSA) is 81.9 Å². The first-order chi connectivity index (χ1) is 9.86. The molecule has 0 aromatic carbocycles. The average molecular weight is 289 g/mol. The van der Waals surface area contributed by atoms with Gasteiger partial charge in [-0.2, -0.15) is 5.10 Å². The summed E-state index contributed by atoms with van der Waals surface area (Å²) in [4.78, 5) is 20.2. The maximum atomic E-state index is 11.9. The van der Waals surface area contributed by atoms with Crippen molar-refractivity contribution in [2.45, 2.75) is 27.7 Å². The Balaban J connectivity index is 1.99. The number of carbonyl (C=O) groups excluding carboxylic acids is 1. The number of hydrogen-bond donors (Lipinski definition) is 1. The number of anilines is 1. The fourth-order valence-corrected chi connectivity index (χ4v) is 2.04. The van der Waals surface area contributed by atoms with Gasteiger partial charge in [-0.15, -0.1) is 0 Å². The van der Waals surface area contributed by atoms with Gasteiger partial charge in [0.1, 0.15) is 5.69 Å². The highest BCUT2D eigenvalue weighted by atomic mass is 16.5. The highest BCUT2D eigenvalue weighted by Crippen LogP contribution is 2.21. The molecule has 1 amide bonds. The molecular formula is C14H19N5O2. The second kappa shape index (κ2) is 5.90. The summed E-state index contributed by atoms with van der Waals surface area (Å²) in [6.45, 7) is 7.32. The van der Waals surface area contributed by atoms with Crippen molar-refractivity contribution in [3.8, 4) is 5.75 Å². The van der Waals surface area contributed by atoms with Crippen molar-refractivity contribution in [1.29, 1.82) is 0 Å². The van der Waals surface area contributed by atoms with E-state index in [4.69, 9.17) is 4.74 Å². The summed E-state index contributed by atoms with van der Waals surface area (Å²) in [5.41, 5.74) is 3.24. The SMILES string of the molecule is Cc1cc(C)nc(NC(=O)COc2c(C)nn(C)c2C)n1. The van der Waals surface area contributed by atoms with Crippen molar-refractivity contribution in [1.82, 2.24) is 19.7 Å². The summed E-state index contributed by atoms with van der Waals surface area (Å²) < 4.78 is 7.25. The van der Waals surface area contributed by atoms with Gasteiger partial charge in [-0.25, -0.2) is 9.97 Å². The van der Waals surface area contributed by atoms with Crippen molar-refractivity contribution < 1.29 is 9.53 Å². The number of aromatic nitrogens is 4. The van der Waals surface area contributed by atoms with Crippen molar-refractivity contribution in [2.75, 3.05) is 11.9 Å². The van der Waals surface area contributed by atoms with E-state index in [0.29, 0.717) is 11.7 Å². The predicted octanol–water partition coefficient (Wildman–Crippen LogP) is 1.46. The first-order valence-electron chi connectivity index (χ1n) is 6.62. The number of amides is 1. The molecule has 0 saturated heterocycles. The lowest BCUT2D eigenvalue weighted by Crippen LogP contribution is -2.22. The largest absolute Gasteiger partial charge is 0.480 e. The van der Waals surface area contributed by atoms with Crippen LogP contribution in [0.5, 0.6) is 5.75 Å². The summed E-state index contributed by atoms with van der Waals surface area (Å²) in [7, 11) is 1.83. The summed E-state index contributed by atoms with van der Waals surface area (Å²) in [5, 5.41) is 6.86. The molecule has 112 valence electrons. The fourth-order valence-electron chi connectivity index (χ4n) is 2.04. The van der Waals surface area contributed by atoms with Crippen LogP contribution >= 0.6 is 0 Å². The fraction of sp³-hybridized carbons (Fsp3) is 0.429. The molecule has 2 heterocycles. The van der Waals surface area contributed by atoms with Crippen LogP contribution in [0.15, 0.2) is 6.07 Å². The number of carbonyl (C=O) groups is 1. The first-order valence-corrected chi connectivity index (χ1v) is 6.62. The minimum absolute atomic E-state index is 0.107. The molecule has 0 spiro atoms. The van der Waals surface area contributed by atoms with Crippen LogP contribution < -0.4 is 10.1 Å². The van der Waals surface area contributed by atoms with Gasteiger partial charge >= 0.3 is 0 Å². The maximum absolute atomic E-state index is 11.9. The quantitative estimate of drug-likeness (QED) is 0.921. The number of nitrogens with zero attached hydrogens (tertiary/aromatic N) is 4. The maximum Gasteiger partial charge on any atom is 0.264 e. The summed E-state index contributed by atoms with van der Waals surface area (Å²) in [6, 6.07) is 1.84. The van der Waals surface area contributed by atoms with E-state index in [9.17, 15) is 4.79 Å². The molecule has 21 heavy (non-hydrogen) atoms. The zero-order valence-electron chi connectivity index (χ0n) is 12.9. The lowest BCUT2D eigenvalue weighted by Gasteiger charge is -2.07. The molecule has 1 N–H and O–H groups in total. The zero-order valence-corrected chi connectivity index (χ0v) is 12.9. The van der Waals surface area contributed by atoms with Gasteiger partial charge in [-0.3, -0.25) is 14.8 Å². The Labute approximate surface area is 123 Å². The molecule has 2 aromatic rings. The minimum Gasteiger partial charge on any atom is -0.480 e. The molecule has 0 saturated carbocycles. The minimum atomic E-state index is -0.303. The van der Waals surface area contributed by atoms with Crippen LogP contribution in [0.3, 0.4) is 0 Å². The molecule has 0 unspecified atom stereocenters. The monoisotopic (exact) mass is 289 g/mol. The van der Waals surface area contributed by atoms with E-state index < -0.39 is 0 Å². The van der Waals surface area contributed by atoms with Crippen molar-refractivity contribution >= 4 is 11.9 Å². The Morgan fingerprint density at radius 3 is 2.38 bits per heavy atom. The van der Waals surface area contributed by atoms with E-state index in [-0.39, 0.29) is 12.5 Å². The standard InChI is InChI=1S/C14H19N5O2/c1-8-6-9(2)16-14(15-8)17-12(20)7-21-13-10(3)18-19(5)11(13)4/h6H,7H2,1-5H3,(H,15,16,17,20). The second-order valence-electron chi connectivity index (χ2n) is 4.93. The van der Waals surface area contributed by atoms with E-state index in [1.165, 1.54) is 0 Å². The number of nitrogens with one attached hydrogen (secondary N) is 1. The van der Waals surface area contributed by atoms with Crippen LogP contribution in [-0.2, 0) is 11.8 Å². The summed E-state index contributed by atoms with van der Waals surface area (Å²) in [6.07, 6.45) is 0. The van der Waals surface area contributed by atoms with Gasteiger partial charge in [-0.05, 0) is 33.8 Å². The molecule has 0 fully saturated rings. The van der Waals surface area contributed by atoms with Gasteiger partial charge < -0.3 is 4.74 Å². The third-order valence-corrected chi connectivity index (χ3v) is 3.02. The van der Waals surface area contributed by atoms with Crippen molar-refractivity contribution in [2.24, 2.45) is 7.05 Å². The third kappa shape index (κ3) is 3.56. The van der Waals surface area contributed by atoms with Gasteiger partial charge in [0.15, 0.2) is 12.4 Å². The number of hydrogen-bond acceptors (Lipinski definition) is 5. The van der Waals surface area contributed by atoms with Crippen LogP contribution in [0.4, 0.5) is 5.95 Å². The van der Waals surface area contributed by atoms with Gasteiger partial charge in [0.05, 0.1) is 5.69 Å². The molecule has 0 radical (unpaired) electrons. The molecule has 2 aromatic heterocycles. The van der Waals surface area contributed by atoms with Crippen LogP contribution in [0.25, 0.3) is 0 Å². The van der Waals surface area contributed by atoms with E-state index in [2.05, 4.69) is 20.4 Å². The Hall–Kier alpha value is -2.44. The lowest BCUT2D eigenvalue weighted by atomic mass is 10.3. The van der Waals surface area contributed by atoms with E-state index >= 15 is 0 Å². The Morgan fingerprint density at radius 2 is 1.86 bits per heavy atom. The smallest absolute Gasteiger partial charge is 0.264 e. The summed E-state index contributed by atoms with van der Waals surface area (Å²) >= 11 is 0. The van der Waals surface area contributed by atoms with Crippen LogP contribution in [0, 0.1) is 27.7 Å². The molecule has 7 nitrogen and oxygen atoms in total. The highest BCUT2D eigenvalue weighted by Gasteiger charge is 2.13. The van der Waals surface area contributed by atoms with Gasteiger partial charge in [0, 0.05) is 18.4 Å². The van der Waals surface area contributed by atoms with Crippen LogP contribution in [0.1, 0.15) is 22.8 Å². The second-order valence-corrected chi connectivity index (χ2v) is 4.93. The van der Waals surface area contributed by atoms with Crippen molar-refractivity contribution in [3.05, 3.63) is 28.8 Å². The Kier molecular flexibility index (Phi) is 4.21. The first kappa shape index (κ1) is 15.0. The molecule has 7 heteroatoms. The van der Waals surface area contributed by atoms with Crippen molar-refractivity contribution in [3.63, 3.8) is 0 Å². The zero-order chi connectivity index (χ0) is 15.6. The Bertz CT molecular complexity index is 658. The van der Waals surface area contributed by atoms with E-state index in [1.54, 1.807) is 4.68 Å². The number of rotatable bonds is 4. The molecule has 0 atom stereocenters. The molecule has 0 aliphatic carbocycles. The molecule has 0 bridgehead atoms. The number of aryl methyl sites for hydroxylation is 4. The molecule has 0 aliphatic heterocycles. The van der Waals surface area contributed by atoms with Gasteiger partial charge in [0.2, 0.25) is 5.95 Å². The highest BCUT2D eigenvalue weighted by molar-refractivity contribution is 5.90. The average Bonchev–Trinajstić information content (AvgIpc) is 2.60. The van der Waals surface area contributed by atoms with Gasteiger partial charge in [0.25, 0.3) is 5.91 Å². The molecule has 2 rings (SSSR count). The van der Waals surface area contributed by atoms with Gasteiger partial charge in [-0.1, -0.05) is 0 Å². The molecular weight excluding hydrogens is 270 g/mol. The summed E-state index contributed by atoms with van der Waals surface area (Å²) in [5.74, 6) is 0.623. The predicted molar refractivity (Wildman–Crippen MR) is 78.3 cm³/mol. The lowest BCUT2D eigenvalue weighted by molar-refractivity contribution is -0.118. The Morgan fingerprint density at radius 1 is 1.24 bits per heavy atom. The van der Waals surface area contributed by atoms with E-state index in [0.717, 1.165) is 22.8 Å². The number of ether oxygens (including phenoxy) is 1. The van der Waals surface area contributed by atoms with Crippen LogP contribution in [0.2, 0.25) is 0 Å². The third-order valence-electron chi connectivity index (χ3n) is 3.02.